The Balaban J connectivity index is 1.29. The number of nitrogens with zero attached hydrogens (tertiary/aromatic N) is 4. The van der Waals surface area contributed by atoms with Crippen molar-refractivity contribution in [1.29, 1.82) is 5.26 Å². The number of hydrazone groups is 1. The van der Waals surface area contributed by atoms with E-state index in [1.807, 2.05) is 12.1 Å². The van der Waals surface area contributed by atoms with Crippen LogP contribution in [-0.4, -0.2) is 33.1 Å². The summed E-state index contributed by atoms with van der Waals surface area (Å²) in [7, 11) is 0. The molecule has 4 rings (SSSR count). The van der Waals surface area contributed by atoms with E-state index >= 15 is 0 Å². The number of aromatic nitrogens is 3. The van der Waals surface area contributed by atoms with Gasteiger partial charge in [-0.25, -0.2) is 10.5 Å². The molecule has 31 heavy (non-hydrogen) atoms. The molecule has 2 heterocycles. The maximum atomic E-state index is 12.4. The highest BCUT2D eigenvalue weighted by Crippen LogP contribution is 2.37. The van der Waals surface area contributed by atoms with Crippen molar-refractivity contribution < 1.29 is 4.79 Å². The van der Waals surface area contributed by atoms with Crippen molar-refractivity contribution >= 4 is 57.8 Å². The molecule has 0 bridgehead atoms. The lowest BCUT2D eigenvalue weighted by molar-refractivity contribution is -0.113. The van der Waals surface area contributed by atoms with Crippen LogP contribution >= 0.6 is 34.7 Å². The van der Waals surface area contributed by atoms with Gasteiger partial charge in [0.25, 0.3) is 0 Å². The molecule has 2 aromatic heterocycles. The summed E-state index contributed by atoms with van der Waals surface area (Å²) in [6, 6.07) is 9.50. The molecule has 0 aliphatic heterocycles. The summed E-state index contributed by atoms with van der Waals surface area (Å²) in [4.78, 5) is 17.8. The lowest BCUT2D eigenvalue weighted by Gasteiger charge is -2.09. The number of rotatable bonds is 7. The van der Waals surface area contributed by atoms with Crippen LogP contribution in [0.25, 0.3) is 0 Å². The number of H-pyrrole nitrogens is 1. The van der Waals surface area contributed by atoms with E-state index in [0.29, 0.717) is 26.7 Å². The second kappa shape index (κ2) is 9.96. The third kappa shape index (κ3) is 5.44. The van der Waals surface area contributed by atoms with Gasteiger partial charge in [-0.2, -0.15) is 15.3 Å². The Kier molecular flexibility index (Phi) is 6.86. The van der Waals surface area contributed by atoms with E-state index in [-0.39, 0.29) is 11.7 Å². The predicted molar refractivity (Wildman–Crippen MR) is 124 cm³/mol. The van der Waals surface area contributed by atoms with Crippen molar-refractivity contribution in [2.45, 2.75) is 30.8 Å². The Hall–Kier alpha value is -2.87. The van der Waals surface area contributed by atoms with Crippen molar-refractivity contribution in [2.75, 3.05) is 16.5 Å². The summed E-state index contributed by atoms with van der Waals surface area (Å²) >= 11 is 8.56. The van der Waals surface area contributed by atoms with E-state index in [9.17, 15) is 10.1 Å². The first-order chi connectivity index (χ1) is 15.1. The molecule has 3 aromatic rings. The minimum atomic E-state index is -0.194. The molecule has 11 heteroatoms. The molecular formula is C20H18ClN7OS2. The average molecular weight is 472 g/mol. The Labute approximate surface area is 192 Å². The zero-order valence-corrected chi connectivity index (χ0v) is 18.7. The average Bonchev–Trinajstić information content (AvgIpc) is 3.37. The third-order valence-corrected chi connectivity index (χ3v) is 6.89. The van der Waals surface area contributed by atoms with Gasteiger partial charge in [-0.15, -0.1) is 16.4 Å². The van der Waals surface area contributed by atoms with Crippen LogP contribution in [0.15, 0.2) is 34.5 Å². The number of anilines is 2. The van der Waals surface area contributed by atoms with Crippen LogP contribution in [0.4, 0.5) is 10.9 Å². The van der Waals surface area contributed by atoms with Crippen molar-refractivity contribution in [3.63, 3.8) is 0 Å². The number of hydrogen-bond donors (Lipinski definition) is 3. The van der Waals surface area contributed by atoms with Gasteiger partial charge in [-0.1, -0.05) is 35.5 Å². The molecule has 158 valence electrons. The molecular weight excluding hydrogens is 454 g/mol. The van der Waals surface area contributed by atoms with Gasteiger partial charge in [0.2, 0.25) is 17.0 Å². The molecule has 1 amide bonds. The first-order valence-corrected chi connectivity index (χ1v) is 11.7. The topological polar surface area (TPSA) is 119 Å². The number of thiophene rings is 1. The van der Waals surface area contributed by atoms with Crippen molar-refractivity contribution in [3.8, 4) is 6.07 Å². The third-order valence-electron chi connectivity index (χ3n) is 4.59. The fourth-order valence-electron chi connectivity index (χ4n) is 3.14. The molecule has 0 atom stereocenters. The molecule has 1 aromatic carbocycles. The quantitative estimate of drug-likeness (QED) is 0.266. The molecule has 0 unspecified atom stereocenters. The van der Waals surface area contributed by atoms with Crippen LogP contribution in [0.5, 0.6) is 0 Å². The maximum Gasteiger partial charge on any atom is 0.240 e. The van der Waals surface area contributed by atoms with E-state index < -0.39 is 0 Å². The number of carbonyl (C=O) groups excluding carboxylic acids is 1. The fraction of sp³-hybridized carbons (Fsp3) is 0.250. The molecule has 0 saturated heterocycles. The highest BCUT2D eigenvalue weighted by molar-refractivity contribution is 7.99. The molecule has 8 nitrogen and oxygen atoms in total. The summed E-state index contributed by atoms with van der Waals surface area (Å²) in [5.41, 5.74) is 5.36. The highest BCUT2D eigenvalue weighted by Gasteiger charge is 2.21. The summed E-state index contributed by atoms with van der Waals surface area (Å²) in [6.07, 6.45) is 5.74. The van der Waals surface area contributed by atoms with Gasteiger partial charge in [0.15, 0.2) is 0 Å². The molecule has 0 fully saturated rings. The number of thioether (sulfide) groups is 1. The number of benzene rings is 1. The smallest absolute Gasteiger partial charge is 0.240 e. The monoisotopic (exact) mass is 471 g/mol. The van der Waals surface area contributed by atoms with Crippen molar-refractivity contribution in [1.82, 2.24) is 15.2 Å². The standard InChI is InChI=1S/C20H18ClN7OS2/c21-13-7-5-12(6-8-13)10-23-26-19-25-20(28-27-19)30-11-17(29)24-18-15(9-22)14-3-1-2-4-16(14)31-18/h5-8,10H,1-4,11H2,(H,24,29)(H2,25,26,27,28)/b23-10+. The molecule has 3 N–H and O–H groups in total. The molecule has 0 radical (unpaired) electrons. The van der Waals surface area contributed by atoms with Crippen LogP contribution < -0.4 is 10.7 Å². The zero-order valence-electron chi connectivity index (χ0n) is 16.3. The van der Waals surface area contributed by atoms with E-state index in [1.54, 1.807) is 18.3 Å². The summed E-state index contributed by atoms with van der Waals surface area (Å²) in [5.74, 6) is 0.310. The minimum absolute atomic E-state index is 0.138. The Morgan fingerprint density at radius 2 is 2.16 bits per heavy atom. The van der Waals surface area contributed by atoms with Crippen LogP contribution in [0.3, 0.4) is 0 Å². The summed E-state index contributed by atoms with van der Waals surface area (Å²) < 4.78 is 0. The maximum absolute atomic E-state index is 12.4. The first kappa shape index (κ1) is 21.4. The van der Waals surface area contributed by atoms with Gasteiger partial charge >= 0.3 is 0 Å². The number of amides is 1. The number of fused-ring (bicyclic) bond motifs is 1. The van der Waals surface area contributed by atoms with Crippen LogP contribution in [0.1, 0.15) is 34.4 Å². The second-order valence-electron chi connectivity index (χ2n) is 6.75. The van der Waals surface area contributed by atoms with E-state index in [2.05, 4.69) is 37.1 Å². The minimum Gasteiger partial charge on any atom is -0.316 e. The molecule has 0 spiro atoms. The van der Waals surface area contributed by atoms with Gasteiger partial charge in [0, 0.05) is 9.90 Å². The van der Waals surface area contributed by atoms with Gasteiger partial charge in [0.1, 0.15) is 11.1 Å². The number of nitrogens with one attached hydrogen (secondary N) is 3. The normalized spacial score (nSPS) is 13.0. The summed E-state index contributed by atoms with van der Waals surface area (Å²) in [5, 5.41) is 25.0. The van der Waals surface area contributed by atoms with Crippen molar-refractivity contribution in [3.05, 3.63) is 50.9 Å². The summed E-state index contributed by atoms with van der Waals surface area (Å²) in [6.45, 7) is 0. The Morgan fingerprint density at radius 1 is 1.35 bits per heavy atom. The Morgan fingerprint density at radius 3 is 2.97 bits per heavy atom. The lowest BCUT2D eigenvalue weighted by atomic mass is 9.96. The fourth-order valence-corrected chi connectivity index (χ4v) is 5.12. The molecule has 1 aliphatic carbocycles. The van der Waals surface area contributed by atoms with Crippen molar-refractivity contribution in [2.24, 2.45) is 5.10 Å². The van der Waals surface area contributed by atoms with E-state index in [1.165, 1.54) is 28.0 Å². The number of aryl methyl sites for hydroxylation is 1. The van der Waals surface area contributed by atoms with Crippen LogP contribution in [-0.2, 0) is 17.6 Å². The zero-order chi connectivity index (χ0) is 21.6. The van der Waals surface area contributed by atoms with Gasteiger partial charge in [0.05, 0.1) is 17.5 Å². The van der Waals surface area contributed by atoms with Crippen LogP contribution in [0.2, 0.25) is 5.02 Å². The number of carbonyl (C=O) groups is 1. The SMILES string of the molecule is N#Cc1c(NC(=O)CSc2n[nH]c(N/N=C/c3ccc(Cl)cc3)n2)sc2c1CCCC2. The number of nitriles is 1. The van der Waals surface area contributed by atoms with E-state index in [4.69, 9.17) is 11.6 Å². The lowest BCUT2D eigenvalue weighted by Crippen LogP contribution is -2.14. The number of hydrogen-bond acceptors (Lipinski definition) is 8. The predicted octanol–water partition coefficient (Wildman–Crippen LogP) is 4.45. The molecule has 0 saturated carbocycles. The van der Waals surface area contributed by atoms with Gasteiger partial charge in [-0.05, 0) is 48.9 Å². The van der Waals surface area contributed by atoms with Gasteiger partial charge < -0.3 is 5.32 Å². The van der Waals surface area contributed by atoms with Gasteiger partial charge in [-0.3, -0.25) is 4.79 Å². The first-order valence-electron chi connectivity index (χ1n) is 9.56. The highest BCUT2D eigenvalue weighted by atomic mass is 35.5. The molecule has 1 aliphatic rings. The van der Waals surface area contributed by atoms with E-state index in [0.717, 1.165) is 36.8 Å². The number of aromatic amines is 1. The van der Waals surface area contributed by atoms with Crippen LogP contribution in [0, 0.1) is 11.3 Å². The second-order valence-corrected chi connectivity index (χ2v) is 9.24. The Bertz CT molecular complexity index is 1150. The number of halogens is 1. The largest absolute Gasteiger partial charge is 0.316 e.